The fourth-order valence-corrected chi connectivity index (χ4v) is 6.66. The van der Waals surface area contributed by atoms with Crippen LogP contribution in [0.4, 0.5) is 5.69 Å². The van der Waals surface area contributed by atoms with Crippen LogP contribution in [0.25, 0.3) is 0 Å². The van der Waals surface area contributed by atoms with E-state index in [2.05, 4.69) is 10.4 Å². The number of thiophene rings is 1. The minimum atomic E-state index is -0.457. The molecule has 6 rings (SSSR count). The fourth-order valence-electron chi connectivity index (χ4n) is 5.86. The lowest BCUT2D eigenvalue weighted by Gasteiger charge is -2.56. The van der Waals surface area contributed by atoms with Crippen LogP contribution in [0.3, 0.4) is 0 Å². The number of aromatic nitrogens is 2. The molecule has 7 nitrogen and oxygen atoms in total. The van der Waals surface area contributed by atoms with Gasteiger partial charge < -0.3 is 5.32 Å². The number of carbonyl (C=O) groups is 1. The Hall–Kier alpha value is -2.22. The van der Waals surface area contributed by atoms with Crippen molar-refractivity contribution in [2.24, 2.45) is 17.8 Å². The molecule has 4 aliphatic carbocycles. The molecule has 0 radical (unpaired) electrons. The van der Waals surface area contributed by atoms with Gasteiger partial charge in [-0.3, -0.25) is 19.6 Å². The van der Waals surface area contributed by atoms with Gasteiger partial charge in [0.05, 0.1) is 16.3 Å². The quantitative estimate of drug-likeness (QED) is 0.628. The van der Waals surface area contributed by atoms with Crippen molar-refractivity contribution < 1.29 is 9.72 Å². The Bertz CT molecular complexity index is 867. The van der Waals surface area contributed by atoms with Gasteiger partial charge in [-0.1, -0.05) is 0 Å². The Morgan fingerprint density at radius 2 is 1.96 bits per heavy atom. The van der Waals surface area contributed by atoms with E-state index in [-0.39, 0.29) is 17.1 Å². The van der Waals surface area contributed by atoms with Gasteiger partial charge in [-0.05, 0) is 73.3 Å². The van der Waals surface area contributed by atoms with Crippen molar-refractivity contribution in [2.75, 3.05) is 0 Å². The molecular formula is C19H22N4O3S. The molecule has 142 valence electrons. The maximum Gasteiger partial charge on any atom is 0.307 e. The zero-order chi connectivity index (χ0) is 18.6. The average molecular weight is 386 g/mol. The molecule has 1 N–H and O–H groups in total. The molecule has 0 saturated heterocycles. The summed E-state index contributed by atoms with van der Waals surface area (Å²) >= 11 is 1.43. The number of nitrogens with one attached hydrogen (secondary N) is 1. The largest absolute Gasteiger partial charge is 0.346 e. The Kier molecular flexibility index (Phi) is 3.86. The van der Waals surface area contributed by atoms with Gasteiger partial charge in [0.2, 0.25) is 0 Å². The van der Waals surface area contributed by atoms with E-state index in [1.165, 1.54) is 47.7 Å². The molecule has 8 heteroatoms. The highest BCUT2D eigenvalue weighted by Gasteiger charge is 2.51. The van der Waals surface area contributed by atoms with E-state index in [1.807, 2.05) is 11.4 Å². The van der Waals surface area contributed by atoms with E-state index < -0.39 is 4.92 Å². The SMILES string of the molecule is O=C(NC12CC3CC(CC(C3)C1)C2)c1cc(Cn2cc([N+](=O)[O-])cn2)cs1. The first kappa shape index (κ1) is 16.9. The first-order chi connectivity index (χ1) is 13.0. The Morgan fingerprint density at radius 1 is 1.30 bits per heavy atom. The summed E-state index contributed by atoms with van der Waals surface area (Å²) in [6.45, 7) is 0.426. The standard InChI is InChI=1S/C19H22N4O3S/c24-18(21-19-5-12-1-13(6-19)3-14(2-12)7-19)17-4-15(11-27-17)9-22-10-16(8-20-22)23(25)26/h4,8,10-14H,1-3,5-7,9H2,(H,21,24). The van der Waals surface area contributed by atoms with Crippen molar-refractivity contribution >= 4 is 22.9 Å². The van der Waals surface area contributed by atoms with Crippen molar-refractivity contribution in [1.29, 1.82) is 0 Å². The lowest BCUT2D eigenvalue weighted by atomic mass is 9.53. The lowest BCUT2D eigenvalue weighted by Crippen LogP contribution is -2.59. The fraction of sp³-hybridized carbons (Fsp3) is 0.579. The lowest BCUT2D eigenvalue weighted by molar-refractivity contribution is -0.385. The Morgan fingerprint density at radius 3 is 2.56 bits per heavy atom. The summed E-state index contributed by atoms with van der Waals surface area (Å²) in [7, 11) is 0. The first-order valence-corrected chi connectivity index (χ1v) is 10.4. The normalized spacial score (nSPS) is 31.2. The number of nitro groups is 1. The maximum absolute atomic E-state index is 12.9. The van der Waals surface area contributed by atoms with Crippen LogP contribution in [0.1, 0.15) is 53.8 Å². The van der Waals surface area contributed by atoms with Gasteiger partial charge in [0.25, 0.3) is 5.91 Å². The number of hydrogen-bond donors (Lipinski definition) is 1. The summed E-state index contributed by atoms with van der Waals surface area (Å²) in [6.07, 6.45) is 10.1. The molecular weight excluding hydrogens is 364 g/mol. The molecule has 0 aliphatic heterocycles. The number of rotatable bonds is 5. The van der Waals surface area contributed by atoms with Gasteiger partial charge in [0, 0.05) is 5.54 Å². The summed E-state index contributed by atoms with van der Waals surface area (Å²) in [6, 6.07) is 1.88. The zero-order valence-electron chi connectivity index (χ0n) is 15.0. The summed E-state index contributed by atoms with van der Waals surface area (Å²) in [5.74, 6) is 2.42. The van der Waals surface area contributed by atoms with Gasteiger partial charge in [-0.2, -0.15) is 5.10 Å². The summed E-state index contributed by atoms with van der Waals surface area (Å²) < 4.78 is 1.53. The van der Waals surface area contributed by atoms with Crippen molar-refractivity contribution in [3.8, 4) is 0 Å². The molecule has 4 fully saturated rings. The first-order valence-electron chi connectivity index (χ1n) is 9.55. The topological polar surface area (TPSA) is 90.1 Å². The summed E-state index contributed by atoms with van der Waals surface area (Å²) in [5.41, 5.74) is 0.928. The second-order valence-electron chi connectivity index (χ2n) is 8.62. The molecule has 27 heavy (non-hydrogen) atoms. The third-order valence-corrected chi connectivity index (χ3v) is 7.45. The van der Waals surface area contributed by atoms with Gasteiger partial charge >= 0.3 is 5.69 Å². The zero-order valence-corrected chi connectivity index (χ0v) is 15.8. The minimum Gasteiger partial charge on any atom is -0.346 e. The van der Waals surface area contributed by atoms with E-state index >= 15 is 0 Å². The molecule has 0 aromatic carbocycles. The maximum atomic E-state index is 12.9. The molecule has 4 saturated carbocycles. The van der Waals surface area contributed by atoms with E-state index in [4.69, 9.17) is 0 Å². The van der Waals surface area contributed by atoms with E-state index in [0.29, 0.717) is 11.4 Å². The number of amides is 1. The third-order valence-electron chi connectivity index (χ3n) is 6.47. The van der Waals surface area contributed by atoms with Crippen LogP contribution in [0, 0.1) is 27.9 Å². The second-order valence-corrected chi connectivity index (χ2v) is 9.54. The van der Waals surface area contributed by atoms with Gasteiger partial charge in [0.1, 0.15) is 12.4 Å². The smallest absolute Gasteiger partial charge is 0.307 e. The van der Waals surface area contributed by atoms with Crippen molar-refractivity contribution in [1.82, 2.24) is 15.1 Å². The van der Waals surface area contributed by atoms with Gasteiger partial charge in [-0.15, -0.1) is 11.3 Å². The van der Waals surface area contributed by atoms with E-state index in [1.54, 1.807) is 0 Å². The molecule has 0 atom stereocenters. The van der Waals surface area contributed by atoms with Gasteiger partial charge in [-0.25, -0.2) is 0 Å². The minimum absolute atomic E-state index is 0.0125. The second kappa shape index (κ2) is 6.15. The number of hydrogen-bond acceptors (Lipinski definition) is 5. The molecule has 2 aromatic rings. The molecule has 4 aliphatic rings. The predicted octanol–water partition coefficient (Wildman–Crippen LogP) is 3.60. The molecule has 0 spiro atoms. The van der Waals surface area contributed by atoms with Crippen LogP contribution in [0.2, 0.25) is 0 Å². The van der Waals surface area contributed by atoms with Crippen LogP contribution in [0.15, 0.2) is 23.8 Å². The number of carbonyl (C=O) groups excluding carboxylic acids is 1. The van der Waals surface area contributed by atoms with Crippen molar-refractivity contribution in [3.63, 3.8) is 0 Å². The molecule has 2 heterocycles. The number of nitrogens with zero attached hydrogens (tertiary/aromatic N) is 3. The van der Waals surface area contributed by atoms with Crippen LogP contribution >= 0.6 is 11.3 Å². The monoisotopic (exact) mass is 386 g/mol. The average Bonchev–Trinajstić information content (AvgIpc) is 3.23. The molecule has 0 unspecified atom stereocenters. The van der Waals surface area contributed by atoms with E-state index in [0.717, 1.165) is 42.6 Å². The highest BCUT2D eigenvalue weighted by molar-refractivity contribution is 7.12. The van der Waals surface area contributed by atoms with Crippen LogP contribution in [0.5, 0.6) is 0 Å². The molecule has 1 amide bonds. The van der Waals surface area contributed by atoms with Gasteiger partial charge in [0.15, 0.2) is 0 Å². The van der Waals surface area contributed by atoms with Crippen LogP contribution in [-0.2, 0) is 6.54 Å². The summed E-state index contributed by atoms with van der Waals surface area (Å²) in [4.78, 5) is 23.9. The molecule has 2 aromatic heterocycles. The van der Waals surface area contributed by atoms with Crippen LogP contribution in [-0.4, -0.2) is 26.1 Å². The summed E-state index contributed by atoms with van der Waals surface area (Å²) in [5, 5.41) is 20.1. The van der Waals surface area contributed by atoms with Crippen LogP contribution < -0.4 is 5.32 Å². The molecule has 4 bridgehead atoms. The Balaban J connectivity index is 1.27. The highest BCUT2D eigenvalue weighted by atomic mass is 32.1. The predicted molar refractivity (Wildman–Crippen MR) is 101 cm³/mol. The third kappa shape index (κ3) is 3.16. The van der Waals surface area contributed by atoms with Crippen molar-refractivity contribution in [2.45, 2.75) is 50.6 Å². The Labute approximate surface area is 160 Å². The highest BCUT2D eigenvalue weighted by Crippen LogP contribution is 2.55. The van der Waals surface area contributed by atoms with E-state index in [9.17, 15) is 14.9 Å². The van der Waals surface area contributed by atoms with Crippen molar-refractivity contribution in [3.05, 3.63) is 44.4 Å².